The first-order chi connectivity index (χ1) is 25.4. The summed E-state index contributed by atoms with van der Waals surface area (Å²) in [5.74, 6) is -0.833. The fraction of sp³-hybridized carbons (Fsp3) is 0.409. The van der Waals surface area contributed by atoms with Crippen LogP contribution in [0.25, 0.3) is 0 Å². The molecule has 0 aliphatic heterocycles. The zero-order chi connectivity index (χ0) is 38.9. The zero-order valence-electron chi connectivity index (χ0n) is 32.0. The van der Waals surface area contributed by atoms with Gasteiger partial charge in [0.05, 0.1) is 0 Å². The van der Waals surface area contributed by atoms with Crippen molar-refractivity contribution in [2.24, 2.45) is 5.92 Å². The second kappa shape index (κ2) is 25.3. The van der Waals surface area contributed by atoms with E-state index in [0.29, 0.717) is 28.3 Å². The normalized spacial score (nSPS) is 12.7. The monoisotopic (exact) mass is 743 g/mol. The summed E-state index contributed by atoms with van der Waals surface area (Å²) in [6.45, 7) is 9.57. The number of ether oxygens (including phenoxy) is 1. The smallest absolute Gasteiger partial charge is 0.264 e. The van der Waals surface area contributed by atoms with Crippen LogP contribution < -0.4 is 20.7 Å². The van der Waals surface area contributed by atoms with Gasteiger partial charge in [-0.25, -0.2) is 0 Å². The van der Waals surface area contributed by atoms with Crippen LogP contribution in [0, 0.1) is 5.92 Å². The number of amides is 3. The minimum atomic E-state index is -1.31. The number of nitrogens with one attached hydrogen (secondary N) is 3. The highest BCUT2D eigenvalue weighted by molar-refractivity contribution is 6.30. The van der Waals surface area contributed by atoms with Gasteiger partial charge in [0.1, 0.15) is 11.8 Å². The maximum atomic E-state index is 13.2. The third-order valence-corrected chi connectivity index (χ3v) is 8.31. The Hall–Kier alpha value is -4.69. The van der Waals surface area contributed by atoms with Crippen LogP contribution in [0.3, 0.4) is 0 Å². The summed E-state index contributed by atoms with van der Waals surface area (Å²) in [5.41, 5.74) is -0.331. The van der Waals surface area contributed by atoms with E-state index in [1.54, 1.807) is 62.4 Å². The third-order valence-electron chi connectivity index (χ3n) is 8.06. The first kappa shape index (κ1) is 44.5. The lowest BCUT2D eigenvalue weighted by Crippen LogP contribution is -2.56. The predicted octanol–water partition coefficient (Wildman–Crippen LogP) is 9.02. The molecule has 2 aromatic rings. The molecule has 1 atom stereocenters. The molecule has 0 aliphatic carbocycles. The Kier molecular flexibility index (Phi) is 21.2. The Morgan fingerprint density at radius 2 is 1.21 bits per heavy atom. The topological polar surface area (TPSA) is 114 Å². The van der Waals surface area contributed by atoms with E-state index in [1.165, 1.54) is 0 Å². The van der Waals surface area contributed by atoms with Crippen molar-refractivity contribution in [1.82, 2.24) is 16.0 Å². The van der Waals surface area contributed by atoms with Crippen LogP contribution in [-0.2, 0) is 14.4 Å². The summed E-state index contributed by atoms with van der Waals surface area (Å²) in [4.78, 5) is 51.3. The number of carbonyl (C=O) groups is 4. The molecule has 0 aliphatic rings. The van der Waals surface area contributed by atoms with Crippen molar-refractivity contribution in [3.05, 3.63) is 125 Å². The number of carbonyl (C=O) groups excluding carboxylic acids is 4. The van der Waals surface area contributed by atoms with Crippen molar-refractivity contribution in [3.8, 4) is 5.75 Å². The molecule has 1 unspecified atom stereocenters. The van der Waals surface area contributed by atoms with E-state index >= 15 is 0 Å². The van der Waals surface area contributed by atoms with Crippen molar-refractivity contribution >= 4 is 35.1 Å². The van der Waals surface area contributed by atoms with Crippen LogP contribution in [0.15, 0.2) is 109 Å². The number of unbranched alkanes of at least 4 members (excludes halogenated alkanes) is 1. The van der Waals surface area contributed by atoms with E-state index in [4.69, 9.17) is 16.3 Å². The van der Waals surface area contributed by atoms with E-state index < -0.39 is 17.6 Å². The molecule has 0 fully saturated rings. The molecular formula is C44H58ClN3O5. The van der Waals surface area contributed by atoms with E-state index in [-0.39, 0.29) is 36.6 Å². The van der Waals surface area contributed by atoms with Gasteiger partial charge in [-0.2, -0.15) is 0 Å². The molecule has 0 spiro atoms. The highest BCUT2D eigenvalue weighted by Crippen LogP contribution is 2.22. The largest absolute Gasteiger partial charge is 0.478 e. The van der Waals surface area contributed by atoms with Gasteiger partial charge in [0.2, 0.25) is 11.8 Å². The number of halogens is 1. The second-order valence-corrected chi connectivity index (χ2v) is 13.8. The van der Waals surface area contributed by atoms with E-state index in [1.807, 2.05) is 13.8 Å². The summed E-state index contributed by atoms with van der Waals surface area (Å²) >= 11 is 5.93. The molecule has 2 aromatic carbocycles. The van der Waals surface area contributed by atoms with Gasteiger partial charge in [-0.15, -0.1) is 0 Å². The lowest BCUT2D eigenvalue weighted by atomic mass is 10.0. The highest BCUT2D eigenvalue weighted by Gasteiger charge is 2.34. The average Bonchev–Trinajstić information content (AvgIpc) is 3.13. The lowest BCUT2D eigenvalue weighted by molar-refractivity contribution is -0.138. The number of allylic oxidation sites excluding steroid dienone is 10. The van der Waals surface area contributed by atoms with Gasteiger partial charge < -0.3 is 20.7 Å². The van der Waals surface area contributed by atoms with Gasteiger partial charge in [0, 0.05) is 35.7 Å². The number of rotatable bonds is 24. The molecule has 9 heteroatoms. The summed E-state index contributed by atoms with van der Waals surface area (Å²) in [7, 11) is 0. The van der Waals surface area contributed by atoms with Crippen LogP contribution in [0.1, 0.15) is 102 Å². The minimum absolute atomic E-state index is 0.0680. The van der Waals surface area contributed by atoms with Gasteiger partial charge in [-0.1, -0.05) is 93.1 Å². The van der Waals surface area contributed by atoms with E-state index in [2.05, 4.69) is 83.6 Å². The molecule has 8 nitrogen and oxygen atoms in total. The van der Waals surface area contributed by atoms with Gasteiger partial charge in [-0.3, -0.25) is 19.2 Å². The number of hydrogen-bond donors (Lipinski definition) is 3. The van der Waals surface area contributed by atoms with Gasteiger partial charge in [-0.05, 0) is 113 Å². The van der Waals surface area contributed by atoms with E-state index in [0.717, 1.165) is 44.9 Å². The lowest BCUT2D eigenvalue weighted by Gasteiger charge is -2.29. The first-order valence-electron chi connectivity index (χ1n) is 18.6. The second-order valence-electron chi connectivity index (χ2n) is 13.4. The predicted molar refractivity (Wildman–Crippen MR) is 217 cm³/mol. The molecule has 0 saturated heterocycles. The molecule has 0 heterocycles. The molecule has 3 amide bonds. The maximum Gasteiger partial charge on any atom is 0.264 e. The van der Waals surface area contributed by atoms with Crippen molar-refractivity contribution < 1.29 is 23.9 Å². The zero-order valence-corrected chi connectivity index (χ0v) is 32.8. The summed E-state index contributed by atoms with van der Waals surface area (Å²) in [5, 5.41) is 9.01. The Bertz CT molecular complexity index is 1570. The van der Waals surface area contributed by atoms with Crippen molar-refractivity contribution in [3.63, 3.8) is 0 Å². The van der Waals surface area contributed by atoms with Gasteiger partial charge >= 0.3 is 0 Å². The molecule has 0 bridgehead atoms. The summed E-state index contributed by atoms with van der Waals surface area (Å²) in [6, 6.07) is 12.4. The Morgan fingerprint density at radius 3 is 1.74 bits per heavy atom. The Labute approximate surface area is 321 Å². The molecule has 286 valence electrons. The molecule has 0 aromatic heterocycles. The molecular weight excluding hydrogens is 686 g/mol. The van der Waals surface area contributed by atoms with Crippen LogP contribution in [0.4, 0.5) is 0 Å². The molecule has 0 radical (unpaired) electrons. The third kappa shape index (κ3) is 18.6. The van der Waals surface area contributed by atoms with Crippen LogP contribution in [-0.4, -0.2) is 48.2 Å². The fourth-order valence-electron chi connectivity index (χ4n) is 4.97. The maximum absolute atomic E-state index is 13.2. The Morgan fingerprint density at radius 1 is 0.717 bits per heavy atom. The molecule has 53 heavy (non-hydrogen) atoms. The summed E-state index contributed by atoms with van der Waals surface area (Å²) < 4.78 is 5.97. The summed E-state index contributed by atoms with van der Waals surface area (Å²) in [6.07, 6.45) is 28.4. The highest BCUT2D eigenvalue weighted by atomic mass is 35.5. The number of hydrogen-bond acceptors (Lipinski definition) is 5. The van der Waals surface area contributed by atoms with E-state index in [9.17, 15) is 19.2 Å². The number of benzene rings is 2. The molecule has 3 N–H and O–H groups in total. The van der Waals surface area contributed by atoms with Gasteiger partial charge in [0.15, 0.2) is 11.4 Å². The molecule has 2 rings (SSSR count). The van der Waals surface area contributed by atoms with Crippen LogP contribution >= 0.6 is 11.6 Å². The molecule has 0 saturated carbocycles. The first-order valence-corrected chi connectivity index (χ1v) is 19.0. The fourth-order valence-corrected chi connectivity index (χ4v) is 5.09. The van der Waals surface area contributed by atoms with Crippen LogP contribution in [0.2, 0.25) is 5.02 Å². The van der Waals surface area contributed by atoms with Crippen molar-refractivity contribution in [2.45, 2.75) is 97.6 Å². The quantitative estimate of drug-likeness (QED) is 0.0564. The van der Waals surface area contributed by atoms with Crippen molar-refractivity contribution in [1.29, 1.82) is 0 Å². The number of ketones is 1. The van der Waals surface area contributed by atoms with Crippen molar-refractivity contribution in [2.75, 3.05) is 13.1 Å². The van der Waals surface area contributed by atoms with Gasteiger partial charge in [0.25, 0.3) is 5.91 Å². The SMILES string of the molecule is CCC=CCC=CCC=CCC=CCC=CCCCC(=O)NCCNC(=O)C(NC(=O)C(C)(C)Oc1ccc(C(=O)c2ccc(Cl)cc2)cc1)C(C)C. The minimum Gasteiger partial charge on any atom is -0.478 e. The van der Waals surface area contributed by atoms with Crippen LogP contribution in [0.5, 0.6) is 5.75 Å². The standard InChI is InChI=1S/C44H58ClN3O5/c1-6-7-8-9-10-11-12-13-14-15-16-17-18-19-20-21-22-23-39(49)46-32-33-47-42(51)40(34(2)3)48-43(52)44(4,5)53-38-30-26-36(27-31-38)41(50)35-24-28-37(45)29-25-35/h7-8,10-11,13-14,16-17,19-20,24-31,34,40H,6,9,12,15,18,21-23,32-33H2,1-5H3,(H,46,49)(H,47,51)(H,48,52). The average molecular weight is 744 g/mol. The Balaban J connectivity index is 1.65.